The molecule has 0 unspecified atom stereocenters. The molecule has 154 valence electrons. The maximum Gasteiger partial charge on any atom is 0.262 e. The van der Waals surface area contributed by atoms with Gasteiger partial charge in [-0.2, -0.15) is 0 Å². The fourth-order valence-corrected chi connectivity index (χ4v) is 3.90. The lowest BCUT2D eigenvalue weighted by molar-refractivity contribution is -0.118. The summed E-state index contributed by atoms with van der Waals surface area (Å²) in [6, 6.07) is 13.5. The fourth-order valence-electron chi connectivity index (χ4n) is 3.61. The zero-order valence-corrected chi connectivity index (χ0v) is 18.2. The van der Waals surface area contributed by atoms with E-state index in [9.17, 15) is 4.79 Å². The second kappa shape index (κ2) is 9.37. The number of benzene rings is 2. The first-order chi connectivity index (χ1) is 13.8. The quantitative estimate of drug-likeness (QED) is 0.749. The number of amides is 1. The Balaban J connectivity index is 1.53. The van der Waals surface area contributed by atoms with Gasteiger partial charge < -0.3 is 19.7 Å². The highest BCUT2D eigenvalue weighted by Crippen LogP contribution is 2.18. The van der Waals surface area contributed by atoms with Crippen molar-refractivity contribution in [2.75, 3.05) is 25.0 Å². The lowest BCUT2D eigenvalue weighted by atomic mass is 10.1. The van der Waals surface area contributed by atoms with Crippen molar-refractivity contribution in [3.05, 3.63) is 59.2 Å². The molecule has 29 heavy (non-hydrogen) atoms. The van der Waals surface area contributed by atoms with Crippen LogP contribution in [-0.4, -0.2) is 47.7 Å². The Morgan fingerprint density at radius 2 is 1.69 bits per heavy atom. The number of nitrogens with one attached hydrogen (secondary N) is 1. The van der Waals surface area contributed by atoms with Crippen molar-refractivity contribution >= 4 is 28.8 Å². The Morgan fingerprint density at radius 3 is 2.28 bits per heavy atom. The summed E-state index contributed by atoms with van der Waals surface area (Å²) in [6.07, 6.45) is 0.324. The number of nitrogens with zero attached hydrogens (tertiary/aromatic N) is 1. The van der Waals surface area contributed by atoms with Crippen molar-refractivity contribution < 1.29 is 14.3 Å². The molecule has 1 saturated heterocycles. The number of morpholine rings is 1. The molecule has 1 fully saturated rings. The number of hydrogen-bond acceptors (Lipinski definition) is 4. The molecule has 1 aliphatic rings. The lowest BCUT2D eigenvalue weighted by Gasteiger charge is -2.37. The number of thiocarbonyl (C=S) groups is 1. The molecular weight excluding hydrogens is 384 g/mol. The summed E-state index contributed by atoms with van der Waals surface area (Å²) in [4.78, 5) is 15.2. The van der Waals surface area contributed by atoms with Gasteiger partial charge in [-0.1, -0.05) is 18.3 Å². The zero-order valence-electron chi connectivity index (χ0n) is 17.4. The number of carbonyl (C=O) groups excluding carboxylic acids is 1. The predicted molar refractivity (Wildman–Crippen MR) is 120 cm³/mol. The maximum absolute atomic E-state index is 12.2. The van der Waals surface area contributed by atoms with Gasteiger partial charge in [-0.15, -0.1) is 0 Å². The topological polar surface area (TPSA) is 50.8 Å². The summed E-state index contributed by atoms with van der Waals surface area (Å²) in [5.41, 5.74) is 3.97. The van der Waals surface area contributed by atoms with E-state index in [-0.39, 0.29) is 24.7 Å². The first-order valence-corrected chi connectivity index (χ1v) is 10.3. The zero-order chi connectivity index (χ0) is 21.0. The fraction of sp³-hybridized carbons (Fsp3) is 0.391. The molecule has 5 nitrogen and oxygen atoms in total. The average Bonchev–Trinajstić information content (AvgIpc) is 2.64. The van der Waals surface area contributed by atoms with Crippen LogP contribution in [0.3, 0.4) is 0 Å². The normalized spacial score (nSPS) is 19.0. The van der Waals surface area contributed by atoms with Crippen LogP contribution >= 0.6 is 12.2 Å². The molecule has 6 heteroatoms. The molecule has 0 aromatic heterocycles. The standard InChI is InChI=1S/C23H28N2O3S/c1-15-9-16(2)11-20(10-15)24-22(26)14-27-21-7-5-19(6-8-21)23(29)25-12-17(3)28-18(4)13-25/h5-11,17-18H,12-14H2,1-4H3,(H,24,26)/t17-,18-/m1/s1. The van der Waals surface area contributed by atoms with Crippen molar-refractivity contribution in [1.82, 2.24) is 4.90 Å². The molecule has 2 aromatic rings. The van der Waals surface area contributed by atoms with Crippen LogP contribution in [0.1, 0.15) is 30.5 Å². The van der Waals surface area contributed by atoms with E-state index in [0.29, 0.717) is 5.75 Å². The minimum atomic E-state index is -0.189. The van der Waals surface area contributed by atoms with Crippen LogP contribution in [0.15, 0.2) is 42.5 Å². The van der Waals surface area contributed by atoms with Gasteiger partial charge in [-0.05, 0) is 75.2 Å². The van der Waals surface area contributed by atoms with Gasteiger partial charge in [0.1, 0.15) is 10.7 Å². The molecule has 1 heterocycles. The van der Waals surface area contributed by atoms with Gasteiger partial charge in [-0.25, -0.2) is 0 Å². The molecule has 3 rings (SSSR count). The Hall–Kier alpha value is -2.44. The number of aryl methyl sites for hydroxylation is 2. The second-order valence-corrected chi connectivity index (χ2v) is 8.09. The van der Waals surface area contributed by atoms with E-state index in [1.165, 1.54) is 0 Å². The largest absolute Gasteiger partial charge is 0.484 e. The van der Waals surface area contributed by atoms with E-state index in [2.05, 4.69) is 30.1 Å². The monoisotopic (exact) mass is 412 g/mol. The predicted octanol–water partition coefficient (Wildman–Crippen LogP) is 4.11. The van der Waals surface area contributed by atoms with Crippen molar-refractivity contribution in [2.45, 2.75) is 39.9 Å². The minimum Gasteiger partial charge on any atom is -0.484 e. The molecule has 1 aliphatic heterocycles. The SMILES string of the molecule is Cc1cc(C)cc(NC(=O)COc2ccc(C(=S)N3C[C@@H](C)O[C@H](C)C3)cc2)c1. The van der Waals surface area contributed by atoms with Crippen LogP contribution in [0.4, 0.5) is 5.69 Å². The molecule has 2 aromatic carbocycles. The summed E-state index contributed by atoms with van der Waals surface area (Å²) in [5.74, 6) is 0.446. The Labute approximate surface area is 178 Å². The minimum absolute atomic E-state index is 0.0464. The molecule has 1 N–H and O–H groups in total. The third-order valence-corrected chi connectivity index (χ3v) is 5.18. The number of rotatable bonds is 5. The van der Waals surface area contributed by atoms with Crippen LogP contribution < -0.4 is 10.1 Å². The lowest BCUT2D eigenvalue weighted by Crippen LogP contribution is -2.47. The number of ether oxygens (including phenoxy) is 2. The van der Waals surface area contributed by atoms with E-state index >= 15 is 0 Å². The number of carbonyl (C=O) groups is 1. The van der Waals surface area contributed by atoms with E-state index in [4.69, 9.17) is 21.7 Å². The molecule has 0 radical (unpaired) electrons. The molecule has 0 saturated carbocycles. The van der Waals surface area contributed by atoms with Crippen molar-refractivity contribution in [3.8, 4) is 5.75 Å². The van der Waals surface area contributed by atoms with Crippen LogP contribution in [0.5, 0.6) is 5.75 Å². The molecule has 0 bridgehead atoms. The van der Waals surface area contributed by atoms with E-state index in [1.807, 2.05) is 50.2 Å². The summed E-state index contributed by atoms with van der Waals surface area (Å²) in [6.45, 7) is 9.67. The summed E-state index contributed by atoms with van der Waals surface area (Å²) >= 11 is 5.66. The van der Waals surface area contributed by atoms with Gasteiger partial charge in [0.15, 0.2) is 6.61 Å². The van der Waals surface area contributed by atoms with Gasteiger partial charge in [0, 0.05) is 24.3 Å². The molecule has 0 spiro atoms. The Morgan fingerprint density at radius 1 is 1.10 bits per heavy atom. The van der Waals surface area contributed by atoms with E-state index < -0.39 is 0 Å². The number of anilines is 1. The first kappa shape index (κ1) is 21.3. The molecule has 2 atom stereocenters. The highest BCUT2D eigenvalue weighted by atomic mass is 32.1. The third kappa shape index (κ3) is 6.02. The molecule has 1 amide bonds. The van der Waals surface area contributed by atoms with Crippen LogP contribution in [-0.2, 0) is 9.53 Å². The average molecular weight is 413 g/mol. The smallest absolute Gasteiger partial charge is 0.262 e. The van der Waals surface area contributed by atoms with Crippen molar-refractivity contribution in [1.29, 1.82) is 0 Å². The summed E-state index contributed by atoms with van der Waals surface area (Å²) < 4.78 is 11.4. The Bertz CT molecular complexity index is 852. The van der Waals surface area contributed by atoms with Crippen LogP contribution in [0.2, 0.25) is 0 Å². The Kier molecular flexibility index (Phi) is 6.87. The maximum atomic E-state index is 12.2. The summed E-state index contributed by atoms with van der Waals surface area (Å²) in [7, 11) is 0. The van der Waals surface area contributed by atoms with Gasteiger partial charge >= 0.3 is 0 Å². The van der Waals surface area contributed by atoms with Gasteiger partial charge in [0.05, 0.1) is 12.2 Å². The molecule has 0 aliphatic carbocycles. The highest BCUT2D eigenvalue weighted by Gasteiger charge is 2.24. The van der Waals surface area contributed by atoms with Crippen LogP contribution in [0.25, 0.3) is 0 Å². The summed E-state index contributed by atoms with van der Waals surface area (Å²) in [5, 5.41) is 2.87. The second-order valence-electron chi connectivity index (χ2n) is 7.71. The number of hydrogen-bond donors (Lipinski definition) is 1. The van der Waals surface area contributed by atoms with Crippen LogP contribution in [0, 0.1) is 13.8 Å². The third-order valence-electron chi connectivity index (χ3n) is 4.68. The van der Waals surface area contributed by atoms with Crippen molar-refractivity contribution in [2.24, 2.45) is 0 Å². The van der Waals surface area contributed by atoms with E-state index in [0.717, 1.165) is 40.5 Å². The van der Waals surface area contributed by atoms with Gasteiger partial charge in [-0.3, -0.25) is 4.79 Å². The first-order valence-electron chi connectivity index (χ1n) is 9.86. The van der Waals surface area contributed by atoms with Gasteiger partial charge in [0.25, 0.3) is 5.91 Å². The molecular formula is C23H28N2O3S. The highest BCUT2D eigenvalue weighted by molar-refractivity contribution is 7.80. The van der Waals surface area contributed by atoms with Gasteiger partial charge in [0.2, 0.25) is 0 Å². The van der Waals surface area contributed by atoms with E-state index in [1.54, 1.807) is 0 Å². The van der Waals surface area contributed by atoms with Crippen molar-refractivity contribution in [3.63, 3.8) is 0 Å².